The lowest BCUT2D eigenvalue weighted by Crippen LogP contribution is -2.52. The first-order valence-corrected chi connectivity index (χ1v) is 6.57. The Morgan fingerprint density at radius 2 is 2.29 bits per heavy atom. The van der Waals surface area contributed by atoms with Crippen molar-refractivity contribution in [2.45, 2.75) is 6.04 Å². The second kappa shape index (κ2) is 5.16. The van der Waals surface area contributed by atoms with Gasteiger partial charge in [0.1, 0.15) is 0 Å². The average Bonchev–Trinajstić information content (AvgIpc) is 2.75. The number of carbonyl (C=O) groups is 2. The van der Waals surface area contributed by atoms with Crippen molar-refractivity contribution in [3.05, 3.63) is 20.8 Å². The molecule has 0 aromatic carbocycles. The fraction of sp³-hybridized carbons (Fsp3) is 0.400. The smallest absolute Gasteiger partial charge is 0.328 e. The summed E-state index contributed by atoms with van der Waals surface area (Å²) < 4.78 is 5.93. The van der Waals surface area contributed by atoms with Crippen molar-refractivity contribution in [2.75, 3.05) is 19.8 Å². The summed E-state index contributed by atoms with van der Waals surface area (Å²) in [6.07, 6.45) is 0. The van der Waals surface area contributed by atoms with Crippen LogP contribution in [0.2, 0.25) is 0 Å². The number of amides is 1. The maximum absolute atomic E-state index is 12.1. The standard InChI is InChI=1S/C10H10BrNO4S/c11-8-2-1-7(17-8)9(13)12-3-4-16-5-6(12)10(14)15/h1-2,6H,3-5H2,(H,14,15). The molecule has 0 bridgehead atoms. The van der Waals surface area contributed by atoms with Crippen LogP contribution < -0.4 is 0 Å². The molecule has 0 radical (unpaired) electrons. The summed E-state index contributed by atoms with van der Waals surface area (Å²) in [4.78, 5) is 25.0. The maximum atomic E-state index is 12.1. The number of aliphatic carboxylic acids is 1. The van der Waals surface area contributed by atoms with E-state index in [4.69, 9.17) is 9.84 Å². The van der Waals surface area contributed by atoms with Gasteiger partial charge >= 0.3 is 5.97 Å². The molecule has 0 aliphatic carbocycles. The molecule has 1 saturated heterocycles. The Morgan fingerprint density at radius 3 is 2.88 bits per heavy atom. The van der Waals surface area contributed by atoms with Gasteiger partial charge in [0.25, 0.3) is 5.91 Å². The third-order valence-corrected chi connectivity index (χ3v) is 4.07. The van der Waals surface area contributed by atoms with Gasteiger partial charge in [0, 0.05) is 6.54 Å². The van der Waals surface area contributed by atoms with Gasteiger partial charge in [-0.05, 0) is 28.1 Å². The molecule has 2 heterocycles. The number of carboxylic acids is 1. The van der Waals surface area contributed by atoms with E-state index in [0.717, 1.165) is 3.79 Å². The normalized spacial score (nSPS) is 20.3. The van der Waals surface area contributed by atoms with Gasteiger partial charge in [-0.3, -0.25) is 4.79 Å². The van der Waals surface area contributed by atoms with E-state index in [2.05, 4.69) is 15.9 Å². The number of carboxylic acid groups (broad SMARTS) is 1. The highest BCUT2D eigenvalue weighted by Crippen LogP contribution is 2.24. The van der Waals surface area contributed by atoms with Crippen molar-refractivity contribution >= 4 is 39.1 Å². The zero-order chi connectivity index (χ0) is 12.4. The number of morpholine rings is 1. The molecular weight excluding hydrogens is 310 g/mol. The van der Waals surface area contributed by atoms with Crippen LogP contribution >= 0.6 is 27.3 Å². The molecule has 1 aromatic rings. The third kappa shape index (κ3) is 2.67. The number of hydrogen-bond donors (Lipinski definition) is 1. The van der Waals surface area contributed by atoms with Gasteiger partial charge in [0.05, 0.1) is 21.9 Å². The quantitative estimate of drug-likeness (QED) is 0.895. The van der Waals surface area contributed by atoms with Crippen LogP contribution in [0.3, 0.4) is 0 Å². The Balaban J connectivity index is 2.19. The maximum Gasteiger partial charge on any atom is 0.328 e. The van der Waals surface area contributed by atoms with E-state index < -0.39 is 12.0 Å². The van der Waals surface area contributed by atoms with Crippen LogP contribution in [-0.2, 0) is 9.53 Å². The molecule has 5 nitrogen and oxygen atoms in total. The van der Waals surface area contributed by atoms with E-state index in [9.17, 15) is 9.59 Å². The number of nitrogens with zero attached hydrogens (tertiary/aromatic N) is 1. The zero-order valence-corrected chi connectivity index (χ0v) is 11.2. The molecule has 1 fully saturated rings. The van der Waals surface area contributed by atoms with Gasteiger partial charge < -0.3 is 14.7 Å². The summed E-state index contributed by atoms with van der Waals surface area (Å²) in [6.45, 7) is 0.737. The molecule has 0 saturated carbocycles. The van der Waals surface area contributed by atoms with E-state index >= 15 is 0 Å². The SMILES string of the molecule is O=C(O)C1COCCN1C(=O)c1ccc(Br)s1. The number of rotatable bonds is 2. The molecule has 1 amide bonds. The van der Waals surface area contributed by atoms with Crippen molar-refractivity contribution < 1.29 is 19.4 Å². The van der Waals surface area contributed by atoms with Crippen LogP contribution in [-0.4, -0.2) is 47.7 Å². The van der Waals surface area contributed by atoms with Crippen LogP contribution in [0.15, 0.2) is 15.9 Å². The van der Waals surface area contributed by atoms with E-state index in [-0.39, 0.29) is 12.5 Å². The minimum atomic E-state index is -1.03. The lowest BCUT2D eigenvalue weighted by atomic mass is 10.2. The minimum Gasteiger partial charge on any atom is -0.480 e. The van der Waals surface area contributed by atoms with E-state index in [1.54, 1.807) is 12.1 Å². The monoisotopic (exact) mass is 319 g/mol. The highest BCUT2D eigenvalue weighted by Gasteiger charge is 2.33. The molecule has 0 spiro atoms. The van der Waals surface area contributed by atoms with Gasteiger partial charge in [-0.1, -0.05) is 0 Å². The topological polar surface area (TPSA) is 66.8 Å². The minimum absolute atomic E-state index is 0.0492. The van der Waals surface area contributed by atoms with E-state index in [0.29, 0.717) is 18.0 Å². The van der Waals surface area contributed by atoms with Crippen LogP contribution in [0, 0.1) is 0 Å². The molecule has 1 atom stereocenters. The molecule has 1 unspecified atom stereocenters. The van der Waals surface area contributed by atoms with E-state index in [1.807, 2.05) is 0 Å². The summed E-state index contributed by atoms with van der Waals surface area (Å²) in [7, 11) is 0. The zero-order valence-electron chi connectivity index (χ0n) is 8.76. The number of ether oxygens (including phenoxy) is 1. The first-order valence-electron chi connectivity index (χ1n) is 4.96. The Morgan fingerprint density at radius 1 is 1.53 bits per heavy atom. The molecule has 7 heteroatoms. The first kappa shape index (κ1) is 12.5. The second-order valence-corrected chi connectivity index (χ2v) is 5.99. The number of thiophene rings is 1. The van der Waals surface area contributed by atoms with Crippen molar-refractivity contribution in [2.24, 2.45) is 0 Å². The number of halogens is 1. The number of carbonyl (C=O) groups excluding carboxylic acids is 1. The predicted molar refractivity (Wildman–Crippen MR) is 65.3 cm³/mol. The largest absolute Gasteiger partial charge is 0.480 e. The highest BCUT2D eigenvalue weighted by atomic mass is 79.9. The molecule has 1 aromatic heterocycles. The second-order valence-electron chi connectivity index (χ2n) is 3.53. The van der Waals surface area contributed by atoms with Gasteiger partial charge in [-0.2, -0.15) is 0 Å². The summed E-state index contributed by atoms with van der Waals surface area (Å²) in [5.74, 6) is -1.29. The summed E-state index contributed by atoms with van der Waals surface area (Å²) in [6, 6.07) is 2.57. The summed E-state index contributed by atoms with van der Waals surface area (Å²) in [5.41, 5.74) is 0. The molecule has 1 aliphatic heterocycles. The van der Waals surface area contributed by atoms with Crippen LogP contribution in [0.4, 0.5) is 0 Å². The molecule has 17 heavy (non-hydrogen) atoms. The molecule has 1 aliphatic rings. The molecule has 1 N–H and O–H groups in total. The van der Waals surface area contributed by atoms with Crippen LogP contribution in [0.5, 0.6) is 0 Å². The van der Waals surface area contributed by atoms with Crippen LogP contribution in [0.1, 0.15) is 9.67 Å². The Hall–Kier alpha value is -0.920. The molecule has 92 valence electrons. The molecular formula is C10H10BrNO4S. The lowest BCUT2D eigenvalue weighted by molar-refractivity contribution is -0.147. The van der Waals surface area contributed by atoms with Gasteiger partial charge in [-0.15, -0.1) is 11.3 Å². The highest BCUT2D eigenvalue weighted by molar-refractivity contribution is 9.11. The lowest BCUT2D eigenvalue weighted by Gasteiger charge is -2.32. The first-order chi connectivity index (χ1) is 8.09. The van der Waals surface area contributed by atoms with E-state index in [1.165, 1.54) is 16.2 Å². The van der Waals surface area contributed by atoms with Gasteiger partial charge in [0.2, 0.25) is 0 Å². The fourth-order valence-electron chi connectivity index (χ4n) is 1.62. The fourth-order valence-corrected chi connectivity index (χ4v) is 2.96. The third-order valence-electron chi connectivity index (χ3n) is 2.46. The van der Waals surface area contributed by atoms with Crippen molar-refractivity contribution in [1.82, 2.24) is 4.90 Å². The number of hydrogen-bond acceptors (Lipinski definition) is 4. The van der Waals surface area contributed by atoms with Crippen LogP contribution in [0.25, 0.3) is 0 Å². The van der Waals surface area contributed by atoms with Crippen molar-refractivity contribution in [1.29, 1.82) is 0 Å². The molecule has 2 rings (SSSR count). The van der Waals surface area contributed by atoms with Crippen molar-refractivity contribution in [3.63, 3.8) is 0 Å². The average molecular weight is 320 g/mol. The van der Waals surface area contributed by atoms with Gasteiger partial charge in [0.15, 0.2) is 6.04 Å². The van der Waals surface area contributed by atoms with Gasteiger partial charge in [-0.25, -0.2) is 4.79 Å². The Kier molecular flexibility index (Phi) is 3.80. The Labute approximate surface area is 110 Å². The van der Waals surface area contributed by atoms with Crippen molar-refractivity contribution in [3.8, 4) is 0 Å². The summed E-state index contributed by atoms with van der Waals surface area (Å²) >= 11 is 4.57. The summed E-state index contributed by atoms with van der Waals surface area (Å²) in [5, 5.41) is 9.03. The Bertz CT molecular complexity index is 447. The predicted octanol–water partition coefficient (Wildman–Crippen LogP) is 1.44.